The number of carbonyl (C=O) groups is 1. The number of rotatable bonds is 5. The molecule has 1 unspecified atom stereocenters. The summed E-state index contributed by atoms with van der Waals surface area (Å²) in [7, 11) is 0. The van der Waals surface area contributed by atoms with Crippen LogP contribution in [0.1, 0.15) is 24.5 Å². The largest absolute Gasteiger partial charge is 0.376 e. The highest BCUT2D eigenvalue weighted by molar-refractivity contribution is 5.78. The molecule has 1 saturated heterocycles. The van der Waals surface area contributed by atoms with Crippen LogP contribution in [-0.2, 0) is 22.5 Å². The molecule has 0 saturated carbocycles. The molecule has 0 aromatic heterocycles. The molecule has 0 radical (unpaired) electrons. The molecule has 1 aromatic rings. The summed E-state index contributed by atoms with van der Waals surface area (Å²) in [6, 6.07) is 8.03. The zero-order valence-corrected chi connectivity index (χ0v) is 12.0. The normalized spacial score (nSPS) is 19.8. The van der Waals surface area contributed by atoms with Crippen LogP contribution in [0.15, 0.2) is 24.3 Å². The molecule has 3 N–H and O–H groups in total. The van der Waals surface area contributed by atoms with Crippen molar-refractivity contribution >= 4 is 5.91 Å². The zero-order chi connectivity index (χ0) is 14.4. The lowest BCUT2D eigenvalue weighted by Crippen LogP contribution is -2.41. The van der Waals surface area contributed by atoms with Crippen LogP contribution in [0.5, 0.6) is 0 Å². The van der Waals surface area contributed by atoms with Crippen LogP contribution < -0.4 is 11.3 Å². The van der Waals surface area contributed by atoms with Crippen molar-refractivity contribution in [3.05, 3.63) is 35.4 Å². The fourth-order valence-electron chi connectivity index (χ4n) is 2.52. The number of nitrogens with one attached hydrogen (secondary N) is 1. The standard InChI is InChI=1S/C15H23N3O2/c1-2-14-11-18(7-8-20-14)10-13-6-4-3-5-12(13)9-15(19)17-16/h3-6,14H,2,7-11,16H2,1H3,(H,17,19). The quantitative estimate of drug-likeness (QED) is 0.475. The van der Waals surface area contributed by atoms with E-state index in [0.717, 1.165) is 38.2 Å². The van der Waals surface area contributed by atoms with Gasteiger partial charge in [0.1, 0.15) is 0 Å². The SMILES string of the molecule is CCC1CN(Cc2ccccc2CC(=O)NN)CCO1. The minimum Gasteiger partial charge on any atom is -0.376 e. The first-order chi connectivity index (χ1) is 9.72. The van der Waals surface area contributed by atoms with Crippen molar-refractivity contribution in [2.45, 2.75) is 32.4 Å². The number of nitrogens with two attached hydrogens (primary N) is 1. The molecule has 20 heavy (non-hydrogen) atoms. The summed E-state index contributed by atoms with van der Waals surface area (Å²) in [6.45, 7) is 5.67. The van der Waals surface area contributed by atoms with Gasteiger partial charge in [0.2, 0.25) is 5.91 Å². The number of nitrogens with zero attached hydrogens (tertiary/aromatic N) is 1. The maximum absolute atomic E-state index is 11.5. The highest BCUT2D eigenvalue weighted by Crippen LogP contribution is 2.16. The lowest BCUT2D eigenvalue weighted by molar-refractivity contribution is -0.120. The number of hydrazine groups is 1. The van der Waals surface area contributed by atoms with E-state index in [1.54, 1.807) is 0 Å². The van der Waals surface area contributed by atoms with Crippen molar-refractivity contribution < 1.29 is 9.53 Å². The van der Waals surface area contributed by atoms with Gasteiger partial charge in [0.05, 0.1) is 19.1 Å². The molecular formula is C15H23N3O2. The fraction of sp³-hybridized carbons (Fsp3) is 0.533. The molecule has 1 aromatic carbocycles. The van der Waals surface area contributed by atoms with E-state index < -0.39 is 0 Å². The first kappa shape index (κ1) is 15.0. The fourth-order valence-corrected chi connectivity index (χ4v) is 2.52. The number of amides is 1. The first-order valence-corrected chi connectivity index (χ1v) is 7.13. The summed E-state index contributed by atoms with van der Waals surface area (Å²) in [6.07, 6.45) is 1.69. The van der Waals surface area contributed by atoms with Crippen LogP contribution in [0.2, 0.25) is 0 Å². The summed E-state index contributed by atoms with van der Waals surface area (Å²) >= 11 is 0. The Balaban J connectivity index is 2.03. The van der Waals surface area contributed by atoms with Gasteiger partial charge < -0.3 is 4.74 Å². The molecule has 0 bridgehead atoms. The number of ether oxygens (including phenoxy) is 1. The van der Waals surface area contributed by atoms with E-state index in [1.807, 2.05) is 18.2 Å². The molecule has 2 rings (SSSR count). The summed E-state index contributed by atoms with van der Waals surface area (Å²) in [5.74, 6) is 5.00. The molecule has 110 valence electrons. The van der Waals surface area contributed by atoms with E-state index in [2.05, 4.69) is 23.3 Å². The van der Waals surface area contributed by atoms with Crippen molar-refractivity contribution in [1.82, 2.24) is 10.3 Å². The third kappa shape index (κ3) is 4.03. The van der Waals surface area contributed by atoms with Gasteiger partial charge in [0.25, 0.3) is 0 Å². The third-order valence-electron chi connectivity index (χ3n) is 3.70. The van der Waals surface area contributed by atoms with E-state index in [1.165, 1.54) is 5.56 Å². The van der Waals surface area contributed by atoms with Crippen molar-refractivity contribution in [2.24, 2.45) is 5.84 Å². The predicted molar refractivity (Wildman–Crippen MR) is 77.8 cm³/mol. The molecule has 1 amide bonds. The van der Waals surface area contributed by atoms with Gasteiger partial charge in [-0.15, -0.1) is 0 Å². The Kier molecular flexibility index (Phi) is 5.52. The Morgan fingerprint density at radius 1 is 1.45 bits per heavy atom. The maximum atomic E-state index is 11.5. The van der Waals surface area contributed by atoms with Crippen LogP contribution in [0, 0.1) is 0 Å². The minimum absolute atomic E-state index is 0.161. The number of morpholine rings is 1. The van der Waals surface area contributed by atoms with Gasteiger partial charge in [0, 0.05) is 19.6 Å². The highest BCUT2D eigenvalue weighted by atomic mass is 16.5. The lowest BCUT2D eigenvalue weighted by atomic mass is 10.0. The van der Waals surface area contributed by atoms with Crippen LogP contribution in [0.3, 0.4) is 0 Å². The molecule has 5 heteroatoms. The van der Waals surface area contributed by atoms with E-state index in [4.69, 9.17) is 10.6 Å². The molecular weight excluding hydrogens is 254 g/mol. The summed E-state index contributed by atoms with van der Waals surface area (Å²) in [5.41, 5.74) is 4.41. The highest BCUT2D eigenvalue weighted by Gasteiger charge is 2.19. The van der Waals surface area contributed by atoms with Crippen molar-refractivity contribution in [1.29, 1.82) is 0 Å². The van der Waals surface area contributed by atoms with Crippen LogP contribution in [-0.4, -0.2) is 36.6 Å². The average Bonchev–Trinajstić information content (AvgIpc) is 2.49. The molecule has 1 fully saturated rings. The molecule has 1 heterocycles. The molecule has 1 aliphatic rings. The summed E-state index contributed by atoms with van der Waals surface area (Å²) < 4.78 is 5.68. The van der Waals surface area contributed by atoms with Crippen molar-refractivity contribution in [3.63, 3.8) is 0 Å². The van der Waals surface area contributed by atoms with Gasteiger partial charge in [-0.1, -0.05) is 31.2 Å². The Hall–Kier alpha value is -1.43. The predicted octanol–water partition coefficient (Wildman–Crippen LogP) is 0.830. The second kappa shape index (κ2) is 7.38. The van der Waals surface area contributed by atoms with Gasteiger partial charge in [0.15, 0.2) is 0 Å². The molecule has 1 atom stereocenters. The Morgan fingerprint density at radius 2 is 2.20 bits per heavy atom. The summed E-state index contributed by atoms with van der Waals surface area (Å²) in [4.78, 5) is 13.8. The molecule has 0 aliphatic carbocycles. The van der Waals surface area contributed by atoms with Crippen molar-refractivity contribution in [2.75, 3.05) is 19.7 Å². The Morgan fingerprint density at radius 3 is 2.90 bits per heavy atom. The minimum atomic E-state index is -0.161. The van der Waals surface area contributed by atoms with E-state index in [0.29, 0.717) is 12.5 Å². The van der Waals surface area contributed by atoms with E-state index >= 15 is 0 Å². The first-order valence-electron chi connectivity index (χ1n) is 7.13. The van der Waals surface area contributed by atoms with Crippen LogP contribution in [0.25, 0.3) is 0 Å². The average molecular weight is 277 g/mol. The number of hydrogen-bond acceptors (Lipinski definition) is 4. The lowest BCUT2D eigenvalue weighted by Gasteiger charge is -2.32. The monoisotopic (exact) mass is 277 g/mol. The number of carbonyl (C=O) groups excluding carboxylic acids is 1. The number of benzene rings is 1. The van der Waals surface area contributed by atoms with Gasteiger partial charge >= 0.3 is 0 Å². The van der Waals surface area contributed by atoms with E-state index in [-0.39, 0.29) is 5.91 Å². The van der Waals surface area contributed by atoms with Gasteiger partial charge in [-0.2, -0.15) is 0 Å². The van der Waals surface area contributed by atoms with Gasteiger partial charge in [-0.3, -0.25) is 15.1 Å². The zero-order valence-electron chi connectivity index (χ0n) is 12.0. The molecule has 5 nitrogen and oxygen atoms in total. The number of hydrogen-bond donors (Lipinski definition) is 2. The van der Waals surface area contributed by atoms with Crippen molar-refractivity contribution in [3.8, 4) is 0 Å². The van der Waals surface area contributed by atoms with Gasteiger partial charge in [-0.25, -0.2) is 5.84 Å². The second-order valence-electron chi connectivity index (χ2n) is 5.15. The Bertz CT molecular complexity index is 450. The second-order valence-corrected chi connectivity index (χ2v) is 5.15. The molecule has 1 aliphatic heterocycles. The van der Waals surface area contributed by atoms with Gasteiger partial charge in [-0.05, 0) is 17.5 Å². The topological polar surface area (TPSA) is 67.6 Å². The summed E-state index contributed by atoms with van der Waals surface area (Å²) in [5, 5.41) is 0. The van der Waals surface area contributed by atoms with Crippen LogP contribution >= 0.6 is 0 Å². The van der Waals surface area contributed by atoms with Crippen LogP contribution in [0.4, 0.5) is 0 Å². The van der Waals surface area contributed by atoms with E-state index in [9.17, 15) is 4.79 Å². The smallest absolute Gasteiger partial charge is 0.238 e. The maximum Gasteiger partial charge on any atom is 0.238 e. The Labute approximate surface area is 120 Å². The third-order valence-corrected chi connectivity index (χ3v) is 3.70. The molecule has 0 spiro atoms.